The van der Waals surface area contributed by atoms with E-state index in [0.29, 0.717) is 30.5 Å². The van der Waals surface area contributed by atoms with Gasteiger partial charge in [0.2, 0.25) is 0 Å². The Morgan fingerprint density at radius 3 is 2.52 bits per heavy atom. The zero-order valence-electron chi connectivity index (χ0n) is 15.0. The highest BCUT2D eigenvalue weighted by Crippen LogP contribution is 2.55. The number of Topliss-reactive ketones (excluding diaryl/α,β-unsaturated/α-hetero) is 1. The molecule has 0 amide bonds. The smallest absolute Gasteiger partial charge is 0.333 e. The fourth-order valence-corrected chi connectivity index (χ4v) is 5.15. The van der Waals surface area contributed by atoms with Gasteiger partial charge in [-0.1, -0.05) is 26.3 Å². The van der Waals surface area contributed by atoms with Gasteiger partial charge >= 0.3 is 5.97 Å². The van der Waals surface area contributed by atoms with Crippen molar-refractivity contribution < 1.29 is 14.3 Å². The van der Waals surface area contributed by atoms with Crippen molar-refractivity contribution in [2.24, 2.45) is 23.2 Å². The number of ketones is 1. The molecule has 1 aliphatic heterocycles. The van der Waals surface area contributed by atoms with E-state index in [1.54, 1.807) is 0 Å². The molecule has 0 radical (unpaired) electrons. The minimum atomic E-state index is -0.132. The first-order chi connectivity index (χ1) is 10.8. The molecule has 5 unspecified atom stereocenters. The van der Waals surface area contributed by atoms with Crippen molar-refractivity contribution in [1.82, 2.24) is 0 Å². The fraction of sp³-hybridized carbons (Fsp3) is 0.800. The van der Waals surface area contributed by atoms with Crippen molar-refractivity contribution in [2.75, 3.05) is 0 Å². The zero-order valence-corrected chi connectivity index (χ0v) is 15.0. The summed E-state index contributed by atoms with van der Waals surface area (Å²) < 4.78 is 5.85. The number of hydrogen-bond acceptors (Lipinski definition) is 3. The first kappa shape index (κ1) is 16.7. The highest BCUT2D eigenvalue weighted by atomic mass is 16.5. The lowest BCUT2D eigenvalue weighted by Gasteiger charge is -2.41. The zero-order chi connectivity index (χ0) is 16.8. The van der Waals surface area contributed by atoms with Gasteiger partial charge in [0.25, 0.3) is 0 Å². The van der Waals surface area contributed by atoms with E-state index in [2.05, 4.69) is 20.8 Å². The monoisotopic (exact) mass is 318 g/mol. The molecule has 2 aliphatic carbocycles. The maximum absolute atomic E-state index is 12.2. The Kier molecular flexibility index (Phi) is 4.41. The van der Waals surface area contributed by atoms with Crippen molar-refractivity contribution in [1.29, 1.82) is 0 Å². The van der Waals surface area contributed by atoms with Gasteiger partial charge in [0.15, 0.2) is 0 Å². The van der Waals surface area contributed by atoms with Crippen LogP contribution < -0.4 is 0 Å². The van der Waals surface area contributed by atoms with Gasteiger partial charge < -0.3 is 4.74 Å². The summed E-state index contributed by atoms with van der Waals surface area (Å²) in [6, 6.07) is 0. The first-order valence-electron chi connectivity index (χ1n) is 9.22. The Balaban J connectivity index is 1.96. The quantitative estimate of drug-likeness (QED) is 0.620. The first-order valence-corrected chi connectivity index (χ1v) is 9.22. The van der Waals surface area contributed by atoms with Crippen LogP contribution >= 0.6 is 0 Å². The molecule has 0 aromatic carbocycles. The summed E-state index contributed by atoms with van der Waals surface area (Å²) in [5, 5.41) is 0. The lowest BCUT2D eigenvalue weighted by molar-refractivity contribution is -0.152. The van der Waals surface area contributed by atoms with E-state index in [-0.39, 0.29) is 23.4 Å². The summed E-state index contributed by atoms with van der Waals surface area (Å²) in [4.78, 5) is 24.5. The second kappa shape index (κ2) is 6.07. The Morgan fingerprint density at radius 2 is 1.78 bits per heavy atom. The Morgan fingerprint density at radius 1 is 1.09 bits per heavy atom. The largest absolute Gasteiger partial charge is 0.458 e. The summed E-state index contributed by atoms with van der Waals surface area (Å²) in [5.74, 6) is 1.35. The number of rotatable bonds is 0. The van der Waals surface area contributed by atoms with Crippen LogP contribution in [-0.2, 0) is 14.3 Å². The van der Waals surface area contributed by atoms with Gasteiger partial charge in [-0.2, -0.15) is 0 Å². The van der Waals surface area contributed by atoms with Crippen LogP contribution in [0.2, 0.25) is 0 Å². The van der Waals surface area contributed by atoms with E-state index >= 15 is 0 Å². The predicted octanol–water partition coefficient (Wildman–Crippen LogP) is 4.45. The summed E-state index contributed by atoms with van der Waals surface area (Å²) in [6.07, 6.45) is 6.53. The summed E-state index contributed by atoms with van der Waals surface area (Å²) >= 11 is 0. The maximum Gasteiger partial charge on any atom is 0.333 e. The minimum absolute atomic E-state index is 0.0371. The van der Waals surface area contributed by atoms with Crippen molar-refractivity contribution in [3.05, 3.63) is 11.1 Å². The van der Waals surface area contributed by atoms with Crippen LogP contribution in [0, 0.1) is 23.2 Å². The molecule has 0 bridgehead atoms. The Labute approximate surface area is 139 Å². The van der Waals surface area contributed by atoms with Gasteiger partial charge in [-0.25, -0.2) is 4.79 Å². The van der Waals surface area contributed by atoms with Crippen molar-refractivity contribution >= 4 is 11.8 Å². The van der Waals surface area contributed by atoms with Crippen LogP contribution in [0.1, 0.15) is 72.6 Å². The fourth-order valence-electron chi connectivity index (χ4n) is 5.15. The predicted molar refractivity (Wildman–Crippen MR) is 89.8 cm³/mol. The molecule has 2 fully saturated rings. The van der Waals surface area contributed by atoms with Crippen LogP contribution in [0.25, 0.3) is 0 Å². The summed E-state index contributed by atoms with van der Waals surface area (Å²) in [6.45, 7) is 8.64. The molecule has 3 aliphatic rings. The van der Waals surface area contributed by atoms with Gasteiger partial charge in [0, 0.05) is 24.3 Å². The third-order valence-corrected chi connectivity index (χ3v) is 6.50. The van der Waals surface area contributed by atoms with Crippen LogP contribution in [0.15, 0.2) is 11.1 Å². The molecule has 0 aromatic rings. The second-order valence-electron chi connectivity index (χ2n) is 8.66. The number of carbonyl (C=O) groups is 2. The second-order valence-corrected chi connectivity index (χ2v) is 8.66. The third-order valence-electron chi connectivity index (χ3n) is 6.50. The molecule has 3 heteroatoms. The highest BCUT2D eigenvalue weighted by Gasteiger charge is 2.51. The van der Waals surface area contributed by atoms with Crippen molar-refractivity contribution in [3.63, 3.8) is 0 Å². The Bertz CT molecular complexity index is 547. The van der Waals surface area contributed by atoms with E-state index < -0.39 is 0 Å². The highest BCUT2D eigenvalue weighted by molar-refractivity contribution is 5.90. The number of hydrogen-bond donors (Lipinski definition) is 0. The van der Waals surface area contributed by atoms with Gasteiger partial charge in [-0.3, -0.25) is 4.79 Å². The molecule has 1 heterocycles. The molecule has 128 valence electrons. The molecule has 23 heavy (non-hydrogen) atoms. The average Bonchev–Trinajstić information content (AvgIpc) is 2.80. The number of esters is 1. The molecule has 5 atom stereocenters. The standard InChI is InChI=1S/C20H30O3/c1-12-5-7-20(4)8-6-16-14(3)19(22)23-17(18(16)20)11-13(2)10-15(21)9-12/h12-13,17-18H,5-11H2,1-4H3. The lowest BCUT2D eigenvalue weighted by atomic mass is 9.69. The van der Waals surface area contributed by atoms with E-state index in [1.807, 2.05) is 6.92 Å². The normalized spacial score (nSPS) is 42.1. The molecule has 0 aromatic heterocycles. The molecule has 0 saturated heterocycles. The van der Waals surface area contributed by atoms with Crippen molar-refractivity contribution in [2.45, 2.75) is 78.7 Å². The molecule has 2 saturated carbocycles. The average molecular weight is 318 g/mol. The SMILES string of the molecule is CC1=C2CCC3(C)CCC(C)CC(=O)CC(C)CC(OC1=O)C23. The van der Waals surface area contributed by atoms with Crippen LogP contribution in [-0.4, -0.2) is 17.9 Å². The molecule has 3 nitrogen and oxygen atoms in total. The van der Waals surface area contributed by atoms with Crippen LogP contribution in [0.3, 0.4) is 0 Å². The Hall–Kier alpha value is -1.12. The van der Waals surface area contributed by atoms with E-state index in [1.165, 1.54) is 5.57 Å². The molecular weight excluding hydrogens is 288 g/mol. The molecule has 0 spiro atoms. The van der Waals surface area contributed by atoms with E-state index in [0.717, 1.165) is 37.7 Å². The van der Waals surface area contributed by atoms with Crippen LogP contribution in [0.5, 0.6) is 0 Å². The lowest BCUT2D eigenvalue weighted by Crippen LogP contribution is -2.41. The summed E-state index contributed by atoms with van der Waals surface area (Å²) in [5.41, 5.74) is 2.41. The maximum atomic E-state index is 12.2. The topological polar surface area (TPSA) is 43.4 Å². The van der Waals surface area contributed by atoms with Gasteiger partial charge in [-0.05, 0) is 56.3 Å². The van der Waals surface area contributed by atoms with Gasteiger partial charge in [-0.15, -0.1) is 0 Å². The van der Waals surface area contributed by atoms with E-state index in [9.17, 15) is 9.59 Å². The summed E-state index contributed by atoms with van der Waals surface area (Å²) in [7, 11) is 0. The van der Waals surface area contributed by atoms with Crippen LogP contribution in [0.4, 0.5) is 0 Å². The van der Waals surface area contributed by atoms with Crippen molar-refractivity contribution in [3.8, 4) is 0 Å². The number of ether oxygens (including phenoxy) is 1. The third kappa shape index (κ3) is 3.12. The van der Waals surface area contributed by atoms with E-state index in [4.69, 9.17) is 4.74 Å². The molecular formula is C20H30O3. The molecule has 0 N–H and O–H groups in total. The van der Waals surface area contributed by atoms with Gasteiger partial charge in [0.05, 0.1) is 0 Å². The number of carbonyl (C=O) groups excluding carboxylic acids is 2. The van der Waals surface area contributed by atoms with Gasteiger partial charge in [0.1, 0.15) is 11.9 Å². The minimum Gasteiger partial charge on any atom is -0.458 e. The molecule has 3 rings (SSSR count).